The van der Waals surface area contributed by atoms with Gasteiger partial charge in [-0.2, -0.15) is 5.26 Å². The third-order valence-corrected chi connectivity index (χ3v) is 5.39. The van der Waals surface area contributed by atoms with Crippen LogP contribution < -0.4 is 5.32 Å². The number of hydrogen-bond acceptors (Lipinski definition) is 6. The standard InChI is InChI=1S/C23H25FN6O2/c1-23(2,3)32-22(31)28-14-6-4-7-16(10-14)30-19-13-27-15(12-25)11-18(19)29-21(30)20-17(24)8-5-9-26-20/h5,8-9,11,13-14,16H,4,6-7,10H2,1-3H3,(H,28,31)/t14-,16+/m1/s1. The number of nitriles is 1. The maximum atomic E-state index is 14.6. The van der Waals surface area contributed by atoms with E-state index < -0.39 is 17.5 Å². The molecule has 0 unspecified atom stereocenters. The molecule has 0 spiro atoms. The molecular formula is C23H25FN6O2. The monoisotopic (exact) mass is 436 g/mol. The molecule has 9 heteroatoms. The number of hydrogen-bond donors (Lipinski definition) is 1. The highest BCUT2D eigenvalue weighted by Gasteiger charge is 2.30. The highest BCUT2D eigenvalue weighted by Crippen LogP contribution is 2.36. The van der Waals surface area contributed by atoms with Crippen molar-refractivity contribution in [3.8, 4) is 17.6 Å². The maximum absolute atomic E-state index is 14.6. The van der Waals surface area contributed by atoms with Crippen molar-refractivity contribution in [2.75, 3.05) is 0 Å². The fourth-order valence-corrected chi connectivity index (χ4v) is 4.15. The average molecular weight is 436 g/mol. The van der Waals surface area contributed by atoms with Crippen molar-refractivity contribution in [2.24, 2.45) is 0 Å². The number of nitrogens with zero attached hydrogens (tertiary/aromatic N) is 5. The molecule has 3 heterocycles. The highest BCUT2D eigenvalue weighted by molar-refractivity contribution is 5.80. The number of fused-ring (bicyclic) bond motifs is 1. The van der Waals surface area contributed by atoms with Crippen LogP contribution in [0.2, 0.25) is 0 Å². The first-order chi connectivity index (χ1) is 15.2. The molecule has 166 valence electrons. The summed E-state index contributed by atoms with van der Waals surface area (Å²) < 4.78 is 22.0. The second-order valence-corrected chi connectivity index (χ2v) is 8.97. The van der Waals surface area contributed by atoms with Crippen LogP contribution in [-0.2, 0) is 4.74 Å². The Kier molecular flexibility index (Phi) is 5.78. The molecule has 1 saturated carbocycles. The minimum atomic E-state index is -0.577. The summed E-state index contributed by atoms with van der Waals surface area (Å²) in [6, 6.07) is 6.34. The van der Waals surface area contributed by atoms with E-state index in [9.17, 15) is 14.4 Å². The van der Waals surface area contributed by atoms with Crippen LogP contribution in [0, 0.1) is 17.1 Å². The zero-order valence-electron chi connectivity index (χ0n) is 18.3. The summed E-state index contributed by atoms with van der Waals surface area (Å²) in [6.07, 6.45) is 5.83. The van der Waals surface area contributed by atoms with E-state index in [1.54, 1.807) is 12.3 Å². The smallest absolute Gasteiger partial charge is 0.407 e. The van der Waals surface area contributed by atoms with Gasteiger partial charge in [-0.3, -0.25) is 0 Å². The van der Waals surface area contributed by atoms with E-state index in [1.807, 2.05) is 31.4 Å². The van der Waals surface area contributed by atoms with Crippen LogP contribution in [0.4, 0.5) is 9.18 Å². The fraction of sp³-hybridized carbons (Fsp3) is 0.435. The largest absolute Gasteiger partial charge is 0.444 e. The quantitative estimate of drug-likeness (QED) is 0.647. The van der Waals surface area contributed by atoms with E-state index in [0.717, 1.165) is 19.3 Å². The van der Waals surface area contributed by atoms with Gasteiger partial charge in [-0.25, -0.2) is 24.1 Å². The Morgan fingerprint density at radius 2 is 2.16 bits per heavy atom. The first-order valence-corrected chi connectivity index (χ1v) is 10.6. The van der Waals surface area contributed by atoms with E-state index in [2.05, 4.69) is 20.3 Å². The van der Waals surface area contributed by atoms with Gasteiger partial charge in [0.1, 0.15) is 23.1 Å². The summed E-state index contributed by atoms with van der Waals surface area (Å²) >= 11 is 0. The fourth-order valence-electron chi connectivity index (χ4n) is 4.15. The number of alkyl carbamates (subject to hydrolysis) is 1. The van der Waals surface area contributed by atoms with Gasteiger partial charge in [0.15, 0.2) is 11.6 Å². The number of carbonyl (C=O) groups excluding carboxylic acids is 1. The Morgan fingerprint density at radius 1 is 1.34 bits per heavy atom. The van der Waals surface area contributed by atoms with Crippen molar-refractivity contribution < 1.29 is 13.9 Å². The van der Waals surface area contributed by atoms with Crippen LogP contribution in [0.3, 0.4) is 0 Å². The molecule has 1 N–H and O–H groups in total. The number of imidazole rings is 1. The van der Waals surface area contributed by atoms with Gasteiger partial charge in [0.25, 0.3) is 0 Å². The highest BCUT2D eigenvalue weighted by atomic mass is 19.1. The Hall–Kier alpha value is -3.54. The summed E-state index contributed by atoms with van der Waals surface area (Å²) in [6.45, 7) is 5.47. The number of carbonyl (C=O) groups is 1. The topological polar surface area (TPSA) is 106 Å². The lowest BCUT2D eigenvalue weighted by atomic mass is 9.90. The van der Waals surface area contributed by atoms with Gasteiger partial charge in [0.2, 0.25) is 0 Å². The number of rotatable bonds is 3. The number of pyridine rings is 2. The summed E-state index contributed by atoms with van der Waals surface area (Å²) in [5.74, 6) is -0.0883. The minimum absolute atomic E-state index is 0.0557. The molecule has 1 aliphatic rings. The SMILES string of the molecule is CC(C)(C)OC(=O)N[C@@H]1CCC[C@H](n2c(-c3ncccc3F)nc3cc(C#N)ncc32)C1. The minimum Gasteiger partial charge on any atom is -0.444 e. The van der Waals surface area contributed by atoms with E-state index in [1.165, 1.54) is 18.3 Å². The lowest BCUT2D eigenvalue weighted by Gasteiger charge is -2.32. The van der Waals surface area contributed by atoms with Crippen molar-refractivity contribution in [2.45, 2.75) is 64.1 Å². The first-order valence-electron chi connectivity index (χ1n) is 10.6. The number of ether oxygens (including phenoxy) is 1. The molecule has 0 aromatic carbocycles. The summed E-state index contributed by atoms with van der Waals surface area (Å²) in [4.78, 5) is 25.3. The van der Waals surface area contributed by atoms with Crippen molar-refractivity contribution >= 4 is 17.1 Å². The van der Waals surface area contributed by atoms with Gasteiger partial charge in [0, 0.05) is 24.3 Å². The Bertz CT molecular complexity index is 1190. The second-order valence-electron chi connectivity index (χ2n) is 8.97. The lowest BCUT2D eigenvalue weighted by molar-refractivity contribution is 0.0486. The molecule has 32 heavy (non-hydrogen) atoms. The third kappa shape index (κ3) is 4.54. The van der Waals surface area contributed by atoms with Crippen LogP contribution in [0.1, 0.15) is 58.2 Å². The molecule has 0 bridgehead atoms. The van der Waals surface area contributed by atoms with Gasteiger partial charge in [-0.15, -0.1) is 0 Å². The van der Waals surface area contributed by atoms with Gasteiger partial charge in [-0.1, -0.05) is 0 Å². The number of aromatic nitrogens is 4. The lowest BCUT2D eigenvalue weighted by Crippen LogP contribution is -2.41. The van der Waals surface area contributed by atoms with Crippen molar-refractivity contribution in [1.82, 2.24) is 24.8 Å². The van der Waals surface area contributed by atoms with Gasteiger partial charge < -0.3 is 14.6 Å². The summed E-state index contributed by atoms with van der Waals surface area (Å²) in [5, 5.41) is 12.2. The molecule has 0 radical (unpaired) electrons. The Morgan fingerprint density at radius 3 is 2.88 bits per heavy atom. The number of nitrogens with one attached hydrogen (secondary N) is 1. The van der Waals surface area contributed by atoms with Crippen LogP contribution in [0.15, 0.2) is 30.6 Å². The zero-order valence-corrected chi connectivity index (χ0v) is 18.3. The molecule has 0 saturated heterocycles. The van der Waals surface area contributed by atoms with Crippen molar-refractivity contribution in [3.63, 3.8) is 0 Å². The molecule has 1 aliphatic carbocycles. The second kappa shape index (κ2) is 8.54. The molecule has 2 atom stereocenters. The Balaban J connectivity index is 1.71. The van der Waals surface area contributed by atoms with Crippen molar-refractivity contribution in [3.05, 3.63) is 42.1 Å². The zero-order chi connectivity index (χ0) is 22.9. The van der Waals surface area contributed by atoms with E-state index in [-0.39, 0.29) is 23.5 Å². The molecule has 3 aromatic heterocycles. The molecule has 4 rings (SSSR count). The van der Waals surface area contributed by atoms with Crippen molar-refractivity contribution in [1.29, 1.82) is 5.26 Å². The molecule has 0 aliphatic heterocycles. The molecule has 1 amide bonds. The predicted octanol–water partition coefficient (Wildman–Crippen LogP) is 4.51. The van der Waals surface area contributed by atoms with E-state index >= 15 is 0 Å². The van der Waals surface area contributed by atoms with Gasteiger partial charge in [0.05, 0.1) is 17.2 Å². The summed E-state index contributed by atoms with van der Waals surface area (Å²) in [7, 11) is 0. The molecule has 8 nitrogen and oxygen atoms in total. The van der Waals surface area contributed by atoms with Crippen LogP contribution >= 0.6 is 0 Å². The van der Waals surface area contributed by atoms with E-state index in [0.29, 0.717) is 23.3 Å². The maximum Gasteiger partial charge on any atom is 0.407 e. The summed E-state index contributed by atoms with van der Waals surface area (Å²) in [5.41, 5.74) is 1.06. The first kappa shape index (κ1) is 21.7. The molecule has 1 fully saturated rings. The third-order valence-electron chi connectivity index (χ3n) is 5.39. The van der Waals surface area contributed by atoms with Crippen LogP contribution in [0.5, 0.6) is 0 Å². The normalized spacial score (nSPS) is 18.8. The number of halogens is 1. The van der Waals surface area contributed by atoms with Gasteiger partial charge >= 0.3 is 6.09 Å². The Labute approximate surface area is 185 Å². The molecule has 3 aromatic rings. The predicted molar refractivity (Wildman–Crippen MR) is 116 cm³/mol. The van der Waals surface area contributed by atoms with Gasteiger partial charge in [-0.05, 0) is 58.6 Å². The number of amides is 1. The van der Waals surface area contributed by atoms with Crippen LogP contribution in [0.25, 0.3) is 22.6 Å². The van der Waals surface area contributed by atoms with Crippen LogP contribution in [-0.4, -0.2) is 37.3 Å². The average Bonchev–Trinajstić information content (AvgIpc) is 3.11. The van der Waals surface area contributed by atoms with E-state index in [4.69, 9.17) is 4.74 Å². The molecular weight excluding hydrogens is 411 g/mol.